The zero-order chi connectivity index (χ0) is 14.7. The van der Waals surface area contributed by atoms with Crippen molar-refractivity contribution in [3.63, 3.8) is 0 Å². The molecule has 0 aliphatic carbocycles. The summed E-state index contributed by atoms with van der Waals surface area (Å²) in [7, 11) is 0. The van der Waals surface area contributed by atoms with Crippen molar-refractivity contribution in [3.05, 3.63) is 30.5 Å². The van der Waals surface area contributed by atoms with Crippen LogP contribution in [0.2, 0.25) is 0 Å². The number of ether oxygens (including phenoxy) is 1. The molecule has 1 aliphatic heterocycles. The monoisotopic (exact) mass is 286 g/mol. The van der Waals surface area contributed by atoms with Crippen molar-refractivity contribution >= 4 is 16.9 Å². The van der Waals surface area contributed by atoms with Gasteiger partial charge in [-0.05, 0) is 26.0 Å². The highest BCUT2D eigenvalue weighted by molar-refractivity contribution is 5.75. The summed E-state index contributed by atoms with van der Waals surface area (Å²) in [5.41, 5.74) is 1.96. The molecule has 21 heavy (non-hydrogen) atoms. The van der Waals surface area contributed by atoms with E-state index in [9.17, 15) is 0 Å². The molecule has 1 aromatic carbocycles. The van der Waals surface area contributed by atoms with Crippen LogP contribution in [0.25, 0.3) is 11.0 Å². The lowest BCUT2D eigenvalue weighted by atomic mass is 10.0. The normalized spacial score (nSPS) is 18.8. The number of nitrogens with zero attached hydrogens (tertiary/aromatic N) is 3. The average Bonchev–Trinajstić information content (AvgIpc) is 2.49. The van der Waals surface area contributed by atoms with E-state index in [0.717, 1.165) is 49.7 Å². The molecule has 1 aliphatic rings. The maximum absolute atomic E-state index is 5.54. The van der Waals surface area contributed by atoms with E-state index in [1.165, 1.54) is 0 Å². The Bertz CT molecular complexity index is 614. The molecule has 5 heteroatoms. The van der Waals surface area contributed by atoms with Crippen molar-refractivity contribution in [2.24, 2.45) is 0 Å². The van der Waals surface area contributed by atoms with Crippen LogP contribution in [0, 0.1) is 0 Å². The van der Waals surface area contributed by atoms with Crippen molar-refractivity contribution in [2.45, 2.75) is 19.4 Å². The maximum atomic E-state index is 5.54. The summed E-state index contributed by atoms with van der Waals surface area (Å²) >= 11 is 0. The summed E-state index contributed by atoms with van der Waals surface area (Å²) in [5.74, 6) is 0.833. The Morgan fingerprint density at radius 2 is 2.10 bits per heavy atom. The molecule has 112 valence electrons. The molecule has 2 heterocycles. The summed E-state index contributed by atoms with van der Waals surface area (Å²) in [6.45, 7) is 8.88. The van der Waals surface area contributed by atoms with Crippen molar-refractivity contribution in [2.75, 3.05) is 38.2 Å². The molecule has 0 spiro atoms. The molecule has 0 amide bonds. The molecule has 1 N–H and O–H groups in total. The first-order valence-corrected chi connectivity index (χ1v) is 7.44. The van der Waals surface area contributed by atoms with Crippen molar-refractivity contribution in [1.82, 2.24) is 14.9 Å². The summed E-state index contributed by atoms with van der Waals surface area (Å²) in [5, 5.41) is 3.37. The molecule has 1 fully saturated rings. The molecule has 1 aromatic heterocycles. The molecule has 0 saturated carbocycles. The SMILES string of the molecule is CC1(C)COCCN1CCNc1cnc2ccccc2n1. The first kappa shape index (κ1) is 14.2. The van der Waals surface area contributed by atoms with Gasteiger partial charge in [-0.15, -0.1) is 0 Å². The van der Waals surface area contributed by atoms with E-state index in [0.29, 0.717) is 0 Å². The highest BCUT2D eigenvalue weighted by Crippen LogP contribution is 2.18. The number of aromatic nitrogens is 2. The van der Waals surface area contributed by atoms with E-state index in [4.69, 9.17) is 4.74 Å². The lowest BCUT2D eigenvalue weighted by Gasteiger charge is -2.42. The fourth-order valence-corrected chi connectivity index (χ4v) is 2.67. The number of hydrogen-bond acceptors (Lipinski definition) is 5. The second kappa shape index (κ2) is 5.95. The van der Waals surface area contributed by atoms with Gasteiger partial charge in [-0.3, -0.25) is 9.88 Å². The predicted molar refractivity (Wildman–Crippen MR) is 84.5 cm³/mol. The van der Waals surface area contributed by atoms with Crippen LogP contribution < -0.4 is 5.32 Å². The van der Waals surface area contributed by atoms with Crippen LogP contribution >= 0.6 is 0 Å². The Hall–Kier alpha value is -1.72. The van der Waals surface area contributed by atoms with Crippen LogP contribution in [0.1, 0.15) is 13.8 Å². The predicted octanol–water partition coefficient (Wildman–Crippen LogP) is 2.15. The Balaban J connectivity index is 1.59. The Labute approximate surface area is 125 Å². The van der Waals surface area contributed by atoms with Gasteiger partial charge in [0.1, 0.15) is 5.82 Å². The van der Waals surface area contributed by atoms with Gasteiger partial charge in [0.15, 0.2) is 0 Å². The number of anilines is 1. The van der Waals surface area contributed by atoms with Crippen LogP contribution in [0.4, 0.5) is 5.82 Å². The van der Waals surface area contributed by atoms with E-state index in [1.54, 1.807) is 6.20 Å². The van der Waals surface area contributed by atoms with Crippen LogP contribution in [0.5, 0.6) is 0 Å². The molecular weight excluding hydrogens is 264 g/mol. The third-order valence-corrected chi connectivity index (χ3v) is 3.95. The topological polar surface area (TPSA) is 50.3 Å². The van der Waals surface area contributed by atoms with Crippen LogP contribution in [-0.2, 0) is 4.74 Å². The van der Waals surface area contributed by atoms with Crippen LogP contribution in [0.15, 0.2) is 30.5 Å². The Morgan fingerprint density at radius 3 is 2.90 bits per heavy atom. The molecule has 3 rings (SSSR count). The fraction of sp³-hybridized carbons (Fsp3) is 0.500. The third-order valence-electron chi connectivity index (χ3n) is 3.95. The molecule has 0 atom stereocenters. The summed E-state index contributed by atoms with van der Waals surface area (Å²) in [6.07, 6.45) is 1.80. The van der Waals surface area contributed by atoms with Gasteiger partial charge < -0.3 is 10.1 Å². The minimum absolute atomic E-state index is 0.106. The van der Waals surface area contributed by atoms with Crippen molar-refractivity contribution in [1.29, 1.82) is 0 Å². The lowest BCUT2D eigenvalue weighted by molar-refractivity contribution is -0.0487. The minimum atomic E-state index is 0.106. The van der Waals surface area contributed by atoms with Gasteiger partial charge in [0.25, 0.3) is 0 Å². The van der Waals surface area contributed by atoms with Gasteiger partial charge in [-0.2, -0.15) is 0 Å². The fourth-order valence-electron chi connectivity index (χ4n) is 2.67. The maximum Gasteiger partial charge on any atom is 0.145 e. The van der Waals surface area contributed by atoms with Gasteiger partial charge in [-0.25, -0.2) is 4.98 Å². The number of fused-ring (bicyclic) bond motifs is 1. The van der Waals surface area contributed by atoms with Gasteiger partial charge in [0.05, 0.1) is 30.4 Å². The lowest BCUT2D eigenvalue weighted by Crippen LogP contribution is -2.54. The molecule has 0 radical (unpaired) electrons. The standard InChI is InChI=1S/C16H22N4O/c1-16(2)12-21-10-9-20(16)8-7-17-15-11-18-13-5-3-4-6-14(13)19-15/h3-6,11H,7-10,12H2,1-2H3,(H,17,19). The number of benzene rings is 1. The van der Waals surface area contributed by atoms with Crippen LogP contribution in [0.3, 0.4) is 0 Å². The van der Waals surface area contributed by atoms with Crippen molar-refractivity contribution in [3.8, 4) is 0 Å². The zero-order valence-corrected chi connectivity index (χ0v) is 12.7. The van der Waals surface area contributed by atoms with E-state index in [1.807, 2.05) is 24.3 Å². The Kier molecular flexibility index (Phi) is 4.03. The molecule has 2 aromatic rings. The number of morpholine rings is 1. The first-order valence-electron chi connectivity index (χ1n) is 7.44. The van der Waals surface area contributed by atoms with Gasteiger partial charge >= 0.3 is 0 Å². The summed E-state index contributed by atoms with van der Waals surface area (Å²) in [6, 6.07) is 7.92. The Morgan fingerprint density at radius 1 is 1.29 bits per heavy atom. The largest absolute Gasteiger partial charge is 0.378 e. The van der Waals surface area contributed by atoms with E-state index < -0.39 is 0 Å². The smallest absolute Gasteiger partial charge is 0.145 e. The van der Waals surface area contributed by atoms with Gasteiger partial charge in [0, 0.05) is 25.2 Å². The number of nitrogens with one attached hydrogen (secondary N) is 1. The minimum Gasteiger partial charge on any atom is -0.378 e. The van der Waals surface area contributed by atoms with E-state index in [2.05, 4.69) is 34.0 Å². The first-order chi connectivity index (χ1) is 10.1. The van der Waals surface area contributed by atoms with Crippen molar-refractivity contribution < 1.29 is 4.74 Å². The average molecular weight is 286 g/mol. The number of hydrogen-bond donors (Lipinski definition) is 1. The van der Waals surface area contributed by atoms with E-state index in [-0.39, 0.29) is 5.54 Å². The number of para-hydroxylation sites is 2. The quantitative estimate of drug-likeness (QED) is 0.933. The highest BCUT2D eigenvalue weighted by Gasteiger charge is 2.29. The van der Waals surface area contributed by atoms with Crippen LogP contribution in [-0.4, -0.2) is 53.3 Å². The summed E-state index contributed by atoms with van der Waals surface area (Å²) < 4.78 is 5.54. The molecular formula is C16H22N4O. The second-order valence-corrected chi connectivity index (χ2v) is 6.02. The highest BCUT2D eigenvalue weighted by atomic mass is 16.5. The molecule has 0 bridgehead atoms. The second-order valence-electron chi connectivity index (χ2n) is 6.02. The van der Waals surface area contributed by atoms with Gasteiger partial charge in [0.2, 0.25) is 0 Å². The molecule has 1 saturated heterocycles. The zero-order valence-electron chi connectivity index (χ0n) is 12.7. The number of rotatable bonds is 4. The van der Waals surface area contributed by atoms with E-state index >= 15 is 0 Å². The van der Waals surface area contributed by atoms with Gasteiger partial charge in [-0.1, -0.05) is 12.1 Å². The molecule has 5 nitrogen and oxygen atoms in total. The molecule has 0 unspecified atom stereocenters. The summed E-state index contributed by atoms with van der Waals surface area (Å²) in [4.78, 5) is 11.5. The third kappa shape index (κ3) is 3.31.